The number of ether oxygens (including phenoxy) is 1. The molecular weight excluding hydrogens is 328 g/mol. The van der Waals surface area contributed by atoms with E-state index in [-0.39, 0.29) is 0 Å². The molecule has 1 aromatic carbocycles. The lowest BCUT2D eigenvalue weighted by molar-refractivity contribution is 0.0418. The quantitative estimate of drug-likeness (QED) is 0.695. The van der Waals surface area contributed by atoms with Crippen LogP contribution in [0.15, 0.2) is 30.3 Å². The van der Waals surface area contributed by atoms with E-state index in [9.17, 15) is 9.90 Å². The average molecular weight is 363 g/mol. The van der Waals surface area contributed by atoms with E-state index in [0.717, 1.165) is 18.4 Å². The lowest BCUT2D eigenvalue weighted by atomic mass is 9.95. The number of hydrogen-bond acceptors (Lipinski definition) is 4. The number of carbonyl (C=O) groups excluding carboxylic acids is 1. The molecule has 1 fully saturated rings. The average Bonchev–Trinajstić information content (AvgIpc) is 2.59. The summed E-state index contributed by atoms with van der Waals surface area (Å²) in [6.07, 6.45) is 5.52. The minimum atomic E-state index is -0.676. The third-order valence-corrected chi connectivity index (χ3v) is 4.69. The highest BCUT2D eigenvalue weighted by Gasteiger charge is 2.25. The van der Waals surface area contributed by atoms with Crippen LogP contribution in [0.1, 0.15) is 58.4 Å². The number of aliphatic hydroxyl groups is 1. The van der Waals surface area contributed by atoms with Gasteiger partial charge in [-0.25, -0.2) is 4.79 Å². The second-order valence-electron chi connectivity index (χ2n) is 8.25. The van der Waals surface area contributed by atoms with Gasteiger partial charge in [-0.1, -0.05) is 49.6 Å². The molecule has 5 nitrogen and oxygen atoms in total. The predicted octanol–water partition coefficient (Wildman–Crippen LogP) is 3.41. The minimum Gasteiger partial charge on any atom is -0.444 e. The van der Waals surface area contributed by atoms with Crippen molar-refractivity contribution in [1.29, 1.82) is 0 Å². The van der Waals surface area contributed by atoms with E-state index in [0.29, 0.717) is 19.0 Å². The van der Waals surface area contributed by atoms with Crippen LogP contribution >= 0.6 is 0 Å². The molecule has 26 heavy (non-hydrogen) atoms. The van der Waals surface area contributed by atoms with Gasteiger partial charge in [0.15, 0.2) is 0 Å². The molecule has 1 amide bonds. The van der Waals surface area contributed by atoms with E-state index in [1.807, 2.05) is 51.1 Å². The fourth-order valence-corrected chi connectivity index (χ4v) is 3.35. The molecule has 0 aliphatic heterocycles. The monoisotopic (exact) mass is 362 g/mol. The molecule has 2 rings (SSSR count). The van der Waals surface area contributed by atoms with Crippen LogP contribution in [0.25, 0.3) is 0 Å². The molecule has 146 valence electrons. The number of aliphatic hydroxyl groups excluding tert-OH is 1. The van der Waals surface area contributed by atoms with Crippen LogP contribution in [-0.2, 0) is 11.2 Å². The van der Waals surface area contributed by atoms with E-state index < -0.39 is 23.8 Å². The van der Waals surface area contributed by atoms with Crippen molar-refractivity contribution in [2.45, 2.75) is 83.1 Å². The van der Waals surface area contributed by atoms with Gasteiger partial charge in [-0.05, 0) is 45.6 Å². The fourth-order valence-electron chi connectivity index (χ4n) is 3.35. The number of hydrogen-bond donors (Lipinski definition) is 3. The number of amides is 1. The van der Waals surface area contributed by atoms with E-state index in [1.54, 1.807) is 0 Å². The van der Waals surface area contributed by atoms with Crippen LogP contribution in [0.4, 0.5) is 4.79 Å². The summed E-state index contributed by atoms with van der Waals surface area (Å²) >= 11 is 0. The van der Waals surface area contributed by atoms with Crippen LogP contribution in [0.2, 0.25) is 0 Å². The van der Waals surface area contributed by atoms with Gasteiger partial charge in [0, 0.05) is 12.6 Å². The summed E-state index contributed by atoms with van der Waals surface area (Å²) in [6.45, 7) is 5.97. The van der Waals surface area contributed by atoms with E-state index in [2.05, 4.69) is 10.6 Å². The first kappa shape index (κ1) is 20.7. The summed E-state index contributed by atoms with van der Waals surface area (Å²) in [7, 11) is 0. The molecule has 0 aromatic heterocycles. The maximum Gasteiger partial charge on any atom is 0.407 e. The van der Waals surface area contributed by atoms with Gasteiger partial charge >= 0.3 is 6.09 Å². The molecule has 1 aliphatic carbocycles. The normalized spacial score (nSPS) is 18.2. The Kier molecular flexibility index (Phi) is 7.91. The van der Waals surface area contributed by atoms with E-state index >= 15 is 0 Å². The molecule has 0 spiro atoms. The third kappa shape index (κ3) is 7.75. The van der Waals surface area contributed by atoms with Crippen molar-refractivity contribution in [1.82, 2.24) is 10.6 Å². The van der Waals surface area contributed by atoms with Crippen LogP contribution in [0.3, 0.4) is 0 Å². The summed E-state index contributed by atoms with van der Waals surface area (Å²) in [4.78, 5) is 12.2. The molecule has 3 N–H and O–H groups in total. The standard InChI is InChI=1S/C21H34N2O3/c1-21(2,3)26-20(25)23-18(14-16-10-6-4-7-11-16)19(24)15-22-17-12-8-5-9-13-17/h4,6-7,10-11,17-19,22,24H,5,8-9,12-15H2,1-3H3,(H,23,25). The zero-order chi connectivity index (χ0) is 19.0. The zero-order valence-electron chi connectivity index (χ0n) is 16.3. The Bertz CT molecular complexity index is 536. The second kappa shape index (κ2) is 9.93. The third-order valence-electron chi connectivity index (χ3n) is 4.69. The molecule has 1 saturated carbocycles. The van der Waals surface area contributed by atoms with Gasteiger partial charge in [-0.2, -0.15) is 0 Å². The number of nitrogens with one attached hydrogen (secondary N) is 2. The molecule has 2 atom stereocenters. The van der Waals surface area contributed by atoms with Crippen LogP contribution < -0.4 is 10.6 Å². The Morgan fingerprint density at radius 2 is 1.85 bits per heavy atom. The van der Waals surface area contributed by atoms with Crippen LogP contribution in [-0.4, -0.2) is 41.5 Å². The first-order valence-electron chi connectivity index (χ1n) is 9.78. The highest BCUT2D eigenvalue weighted by Crippen LogP contribution is 2.17. The van der Waals surface area contributed by atoms with Crippen molar-refractivity contribution in [3.63, 3.8) is 0 Å². The maximum absolute atomic E-state index is 12.2. The smallest absolute Gasteiger partial charge is 0.407 e. The van der Waals surface area contributed by atoms with Crippen molar-refractivity contribution < 1.29 is 14.6 Å². The molecule has 0 saturated heterocycles. The fraction of sp³-hybridized carbons (Fsp3) is 0.667. The van der Waals surface area contributed by atoms with Crippen molar-refractivity contribution in [3.8, 4) is 0 Å². The summed E-state index contributed by atoms with van der Waals surface area (Å²) in [5, 5.41) is 17.0. The van der Waals surface area contributed by atoms with E-state index in [1.165, 1.54) is 19.3 Å². The summed E-state index contributed by atoms with van der Waals surface area (Å²) in [6, 6.07) is 9.97. The van der Waals surface area contributed by atoms with Gasteiger partial charge in [0.25, 0.3) is 0 Å². The topological polar surface area (TPSA) is 70.6 Å². The van der Waals surface area contributed by atoms with Gasteiger partial charge < -0.3 is 20.5 Å². The van der Waals surface area contributed by atoms with Gasteiger partial charge in [-0.15, -0.1) is 0 Å². The summed E-state index contributed by atoms with van der Waals surface area (Å²) < 4.78 is 5.37. The Labute approximate surface area is 157 Å². The van der Waals surface area contributed by atoms with Crippen LogP contribution in [0.5, 0.6) is 0 Å². The molecule has 0 bridgehead atoms. The highest BCUT2D eigenvalue weighted by atomic mass is 16.6. The Morgan fingerprint density at radius 1 is 1.19 bits per heavy atom. The molecule has 1 aromatic rings. The molecule has 0 heterocycles. The number of carbonyl (C=O) groups is 1. The Balaban J connectivity index is 1.95. The molecule has 2 unspecified atom stereocenters. The van der Waals surface area contributed by atoms with E-state index in [4.69, 9.17) is 4.74 Å². The number of rotatable bonds is 7. The molecule has 0 radical (unpaired) electrons. The van der Waals surface area contributed by atoms with Gasteiger partial charge in [0.1, 0.15) is 5.60 Å². The number of alkyl carbamates (subject to hydrolysis) is 1. The highest BCUT2D eigenvalue weighted by molar-refractivity contribution is 5.68. The van der Waals surface area contributed by atoms with Gasteiger partial charge in [-0.3, -0.25) is 0 Å². The van der Waals surface area contributed by atoms with Crippen molar-refractivity contribution >= 4 is 6.09 Å². The lowest BCUT2D eigenvalue weighted by Crippen LogP contribution is -2.51. The predicted molar refractivity (Wildman–Crippen MR) is 104 cm³/mol. The van der Waals surface area contributed by atoms with Gasteiger partial charge in [0.05, 0.1) is 12.1 Å². The van der Waals surface area contributed by atoms with Crippen LogP contribution in [0, 0.1) is 0 Å². The second-order valence-corrected chi connectivity index (χ2v) is 8.25. The first-order valence-corrected chi connectivity index (χ1v) is 9.78. The largest absolute Gasteiger partial charge is 0.444 e. The van der Waals surface area contributed by atoms with Crippen molar-refractivity contribution in [2.75, 3.05) is 6.54 Å². The number of benzene rings is 1. The van der Waals surface area contributed by atoms with Crippen molar-refractivity contribution in [2.24, 2.45) is 0 Å². The summed E-state index contributed by atoms with van der Waals surface area (Å²) in [5.74, 6) is 0. The SMILES string of the molecule is CC(C)(C)OC(=O)NC(Cc1ccccc1)C(O)CNC1CCCCC1. The first-order chi connectivity index (χ1) is 12.3. The maximum atomic E-state index is 12.2. The zero-order valence-corrected chi connectivity index (χ0v) is 16.3. The lowest BCUT2D eigenvalue weighted by Gasteiger charge is -2.29. The molecule has 1 aliphatic rings. The molecule has 5 heteroatoms. The molecular formula is C21H34N2O3. The minimum absolute atomic E-state index is 0.400. The Hall–Kier alpha value is -1.59. The summed E-state index contributed by atoms with van der Waals surface area (Å²) in [5.41, 5.74) is 0.512. The van der Waals surface area contributed by atoms with Gasteiger partial charge in [0.2, 0.25) is 0 Å². The Morgan fingerprint density at radius 3 is 2.46 bits per heavy atom. The van der Waals surface area contributed by atoms with Crippen molar-refractivity contribution in [3.05, 3.63) is 35.9 Å².